The lowest BCUT2D eigenvalue weighted by molar-refractivity contribution is 0.794. The normalized spacial score (nSPS) is 13.5. The third kappa shape index (κ3) is 2.82. The van der Waals surface area contributed by atoms with Crippen molar-refractivity contribution in [2.45, 2.75) is 5.41 Å². The number of hydrogen-bond acceptors (Lipinski definition) is 1. The predicted octanol–water partition coefficient (Wildman–Crippen LogP) is 9.44. The van der Waals surface area contributed by atoms with E-state index in [0.29, 0.717) is 0 Å². The smallest absolute Gasteiger partial charge is 0.0726 e. The van der Waals surface area contributed by atoms with Gasteiger partial charge in [-0.2, -0.15) is 0 Å². The molecular formula is C37H25N. The molecule has 1 spiro atoms. The van der Waals surface area contributed by atoms with Crippen LogP contribution in [0.3, 0.4) is 0 Å². The van der Waals surface area contributed by atoms with Gasteiger partial charge >= 0.3 is 0 Å². The second kappa shape index (κ2) is 8.06. The maximum atomic E-state index is 3.78. The largest absolute Gasteiger partial charge is 0.355 e. The van der Waals surface area contributed by atoms with Crippen molar-refractivity contribution in [1.29, 1.82) is 0 Å². The van der Waals surface area contributed by atoms with Gasteiger partial charge in [0.2, 0.25) is 0 Å². The molecule has 0 unspecified atom stereocenters. The summed E-state index contributed by atoms with van der Waals surface area (Å²) in [5, 5.41) is 3.78. The minimum atomic E-state index is -0.324. The summed E-state index contributed by atoms with van der Waals surface area (Å²) in [5.41, 5.74) is 15.0. The third-order valence-corrected chi connectivity index (χ3v) is 8.29. The van der Waals surface area contributed by atoms with Gasteiger partial charge in [-0.15, -0.1) is 0 Å². The Labute approximate surface area is 223 Å². The van der Waals surface area contributed by atoms with E-state index in [-0.39, 0.29) is 5.41 Å². The van der Waals surface area contributed by atoms with Crippen LogP contribution < -0.4 is 5.32 Å². The molecule has 0 fully saturated rings. The Kier molecular flexibility index (Phi) is 4.50. The highest BCUT2D eigenvalue weighted by Crippen LogP contribution is 2.62. The van der Waals surface area contributed by atoms with Crippen LogP contribution in [0.25, 0.3) is 33.4 Å². The van der Waals surface area contributed by atoms with E-state index in [0.717, 1.165) is 11.4 Å². The first-order valence-electron chi connectivity index (χ1n) is 13.2. The van der Waals surface area contributed by atoms with Gasteiger partial charge in [-0.1, -0.05) is 127 Å². The number of anilines is 2. The number of hydrogen-bond donors (Lipinski definition) is 1. The molecule has 0 aromatic heterocycles. The molecule has 38 heavy (non-hydrogen) atoms. The topological polar surface area (TPSA) is 12.0 Å². The number of fused-ring (bicyclic) bond motifs is 10. The van der Waals surface area contributed by atoms with Crippen LogP contribution >= 0.6 is 0 Å². The van der Waals surface area contributed by atoms with Crippen LogP contribution in [0, 0.1) is 0 Å². The van der Waals surface area contributed by atoms with Crippen LogP contribution in [0.2, 0.25) is 0 Å². The summed E-state index contributed by atoms with van der Waals surface area (Å²) in [5.74, 6) is 0. The summed E-state index contributed by atoms with van der Waals surface area (Å²) in [6, 6.07) is 52.9. The molecule has 0 bridgehead atoms. The van der Waals surface area contributed by atoms with Gasteiger partial charge in [0, 0.05) is 16.9 Å². The summed E-state index contributed by atoms with van der Waals surface area (Å²) < 4.78 is 0. The van der Waals surface area contributed by atoms with E-state index in [2.05, 4.69) is 151 Å². The fraction of sp³-hybridized carbons (Fsp3) is 0.0270. The zero-order chi connectivity index (χ0) is 25.1. The fourth-order valence-electron chi connectivity index (χ4n) is 6.79. The van der Waals surface area contributed by atoms with Crippen molar-refractivity contribution in [2.75, 3.05) is 5.32 Å². The van der Waals surface area contributed by atoms with E-state index in [1.54, 1.807) is 0 Å². The molecule has 0 saturated heterocycles. The summed E-state index contributed by atoms with van der Waals surface area (Å²) in [6.07, 6.45) is 0. The lowest BCUT2D eigenvalue weighted by Gasteiger charge is -2.30. The second-order valence-corrected chi connectivity index (χ2v) is 10.2. The van der Waals surface area contributed by atoms with Gasteiger partial charge in [0.05, 0.1) is 5.41 Å². The zero-order valence-corrected chi connectivity index (χ0v) is 20.9. The Hall–Kier alpha value is -4.88. The molecule has 2 aliphatic rings. The monoisotopic (exact) mass is 483 g/mol. The first-order chi connectivity index (χ1) is 18.9. The van der Waals surface area contributed by atoms with Gasteiger partial charge < -0.3 is 5.32 Å². The van der Waals surface area contributed by atoms with Crippen molar-refractivity contribution in [2.24, 2.45) is 0 Å². The average molecular weight is 484 g/mol. The molecule has 8 rings (SSSR count). The van der Waals surface area contributed by atoms with Crippen molar-refractivity contribution in [3.8, 4) is 33.4 Å². The Balaban J connectivity index is 1.36. The first-order valence-corrected chi connectivity index (χ1v) is 13.2. The Morgan fingerprint density at radius 3 is 1.45 bits per heavy atom. The minimum absolute atomic E-state index is 0.324. The van der Waals surface area contributed by atoms with Gasteiger partial charge in [-0.05, 0) is 68.3 Å². The van der Waals surface area contributed by atoms with Crippen LogP contribution in [-0.2, 0) is 5.41 Å². The highest BCUT2D eigenvalue weighted by atomic mass is 14.9. The number of para-hydroxylation sites is 1. The second-order valence-electron chi connectivity index (χ2n) is 10.2. The number of nitrogens with one attached hydrogen (secondary N) is 1. The zero-order valence-electron chi connectivity index (χ0n) is 20.9. The SMILES string of the molecule is c1ccc(-c2ccccc2Nc2ccc3c(c2)C2(c4ccccc4-c4ccccc42)c2ccccc2-3)cc1. The molecule has 6 aromatic carbocycles. The molecule has 0 aliphatic heterocycles. The van der Waals surface area contributed by atoms with Crippen molar-refractivity contribution in [3.63, 3.8) is 0 Å². The lowest BCUT2D eigenvalue weighted by atomic mass is 9.70. The van der Waals surface area contributed by atoms with Gasteiger partial charge in [0.25, 0.3) is 0 Å². The third-order valence-electron chi connectivity index (χ3n) is 8.29. The van der Waals surface area contributed by atoms with Crippen molar-refractivity contribution in [3.05, 3.63) is 168 Å². The molecule has 6 aromatic rings. The Bertz CT molecular complexity index is 1780. The first kappa shape index (κ1) is 21.2. The van der Waals surface area contributed by atoms with Crippen LogP contribution in [-0.4, -0.2) is 0 Å². The molecule has 0 amide bonds. The summed E-state index contributed by atoms with van der Waals surface area (Å²) >= 11 is 0. The quantitative estimate of drug-likeness (QED) is 0.264. The highest BCUT2D eigenvalue weighted by molar-refractivity contribution is 5.96. The molecule has 1 N–H and O–H groups in total. The molecule has 1 nitrogen and oxygen atoms in total. The standard InChI is InChI=1S/C37H25N/c1-2-12-25(13-3-1)27-14-7-11-21-36(27)38-26-22-23-31-30-17-6-10-20-34(30)37(35(31)24-26)32-18-8-4-15-28(32)29-16-5-9-19-33(29)37/h1-24,38H. The van der Waals surface area contributed by atoms with Gasteiger partial charge in [0.15, 0.2) is 0 Å². The molecule has 0 atom stereocenters. The fourth-order valence-corrected chi connectivity index (χ4v) is 6.79. The average Bonchev–Trinajstić information content (AvgIpc) is 3.45. The summed E-state index contributed by atoms with van der Waals surface area (Å²) in [6.45, 7) is 0. The van der Waals surface area contributed by atoms with E-state index in [4.69, 9.17) is 0 Å². The predicted molar refractivity (Wildman–Crippen MR) is 158 cm³/mol. The van der Waals surface area contributed by atoms with E-state index in [1.165, 1.54) is 55.6 Å². The summed E-state index contributed by atoms with van der Waals surface area (Å²) in [4.78, 5) is 0. The molecule has 178 valence electrons. The maximum Gasteiger partial charge on any atom is 0.0726 e. The van der Waals surface area contributed by atoms with Crippen molar-refractivity contribution in [1.82, 2.24) is 0 Å². The minimum Gasteiger partial charge on any atom is -0.355 e. The van der Waals surface area contributed by atoms with E-state index in [9.17, 15) is 0 Å². The Morgan fingerprint density at radius 2 is 0.842 bits per heavy atom. The number of benzene rings is 6. The number of rotatable bonds is 3. The highest BCUT2D eigenvalue weighted by Gasteiger charge is 2.51. The Morgan fingerprint density at radius 1 is 0.368 bits per heavy atom. The van der Waals surface area contributed by atoms with Crippen molar-refractivity contribution < 1.29 is 0 Å². The van der Waals surface area contributed by atoms with E-state index >= 15 is 0 Å². The lowest BCUT2D eigenvalue weighted by Crippen LogP contribution is -2.25. The van der Waals surface area contributed by atoms with Crippen LogP contribution in [0.1, 0.15) is 22.3 Å². The summed E-state index contributed by atoms with van der Waals surface area (Å²) in [7, 11) is 0. The van der Waals surface area contributed by atoms with Crippen LogP contribution in [0.15, 0.2) is 146 Å². The van der Waals surface area contributed by atoms with Crippen molar-refractivity contribution >= 4 is 11.4 Å². The van der Waals surface area contributed by atoms with E-state index in [1.807, 2.05) is 0 Å². The molecule has 0 radical (unpaired) electrons. The maximum absolute atomic E-state index is 3.78. The van der Waals surface area contributed by atoms with Gasteiger partial charge in [-0.25, -0.2) is 0 Å². The molecule has 2 aliphatic carbocycles. The van der Waals surface area contributed by atoms with Gasteiger partial charge in [-0.3, -0.25) is 0 Å². The molecule has 0 heterocycles. The van der Waals surface area contributed by atoms with Crippen LogP contribution in [0.4, 0.5) is 11.4 Å². The molecule has 0 saturated carbocycles. The molecular weight excluding hydrogens is 458 g/mol. The van der Waals surface area contributed by atoms with Crippen LogP contribution in [0.5, 0.6) is 0 Å². The van der Waals surface area contributed by atoms with Gasteiger partial charge in [0.1, 0.15) is 0 Å². The van der Waals surface area contributed by atoms with E-state index < -0.39 is 0 Å². The molecule has 1 heteroatoms.